The first-order chi connectivity index (χ1) is 9.34. The molecule has 0 bridgehead atoms. The second kappa shape index (κ2) is 6.01. The molecule has 0 saturated heterocycles. The lowest BCUT2D eigenvalue weighted by molar-refractivity contribution is 0.570. The summed E-state index contributed by atoms with van der Waals surface area (Å²) in [7, 11) is 1.42. The van der Waals surface area contributed by atoms with Crippen molar-refractivity contribution >= 4 is 47.3 Å². The number of hydrogen-bond acceptors (Lipinski definition) is 4. The molecular formula is C11H10BrCl2N3O2S. The Labute approximate surface area is 134 Å². The Morgan fingerprint density at radius 1 is 1.35 bits per heavy atom. The van der Waals surface area contributed by atoms with Crippen molar-refractivity contribution in [2.24, 2.45) is 0 Å². The molecule has 20 heavy (non-hydrogen) atoms. The van der Waals surface area contributed by atoms with Crippen molar-refractivity contribution < 1.29 is 8.42 Å². The summed E-state index contributed by atoms with van der Waals surface area (Å²) in [6, 6.07) is 5.23. The number of benzene rings is 1. The standard InChI is InChI=1S/C11H10BrCl2N3O2S/c1-2-5-17-10(15-16-11(17)20(14,18)19)8-6-7(12)3-4-9(8)13/h3-4,6H,2,5H2,1H3. The monoisotopic (exact) mass is 397 g/mol. The summed E-state index contributed by atoms with van der Waals surface area (Å²) in [6.45, 7) is 2.34. The average Bonchev–Trinajstić information content (AvgIpc) is 2.76. The Balaban J connectivity index is 2.69. The summed E-state index contributed by atoms with van der Waals surface area (Å²) in [5, 5.41) is 7.77. The fourth-order valence-electron chi connectivity index (χ4n) is 1.76. The molecule has 0 N–H and O–H groups in total. The van der Waals surface area contributed by atoms with E-state index in [1.807, 2.05) is 6.92 Å². The first-order valence-electron chi connectivity index (χ1n) is 5.68. The Kier molecular flexibility index (Phi) is 4.73. The number of nitrogens with zero attached hydrogens (tertiary/aromatic N) is 3. The zero-order valence-electron chi connectivity index (χ0n) is 10.3. The predicted octanol–water partition coefficient (Wildman–Crippen LogP) is 3.70. The molecular weight excluding hydrogens is 389 g/mol. The van der Waals surface area contributed by atoms with Crippen molar-refractivity contribution in [1.29, 1.82) is 0 Å². The number of rotatable bonds is 4. The van der Waals surface area contributed by atoms with E-state index in [4.69, 9.17) is 22.3 Å². The van der Waals surface area contributed by atoms with Crippen molar-refractivity contribution in [2.45, 2.75) is 25.0 Å². The van der Waals surface area contributed by atoms with Crippen molar-refractivity contribution in [1.82, 2.24) is 14.8 Å². The molecule has 1 heterocycles. The van der Waals surface area contributed by atoms with Crippen LogP contribution in [0.5, 0.6) is 0 Å². The molecule has 0 atom stereocenters. The van der Waals surface area contributed by atoms with Gasteiger partial charge in [0.15, 0.2) is 5.82 Å². The van der Waals surface area contributed by atoms with E-state index < -0.39 is 9.05 Å². The summed E-state index contributed by atoms with van der Waals surface area (Å²) in [6.07, 6.45) is 0.704. The fraction of sp³-hybridized carbons (Fsp3) is 0.273. The van der Waals surface area contributed by atoms with Gasteiger partial charge in [-0.3, -0.25) is 4.57 Å². The van der Waals surface area contributed by atoms with Crippen LogP contribution < -0.4 is 0 Å². The first-order valence-corrected chi connectivity index (χ1v) is 9.16. The molecule has 2 rings (SSSR count). The van der Waals surface area contributed by atoms with Gasteiger partial charge in [-0.25, -0.2) is 8.42 Å². The van der Waals surface area contributed by atoms with Gasteiger partial charge >= 0.3 is 0 Å². The van der Waals surface area contributed by atoms with E-state index in [9.17, 15) is 8.42 Å². The number of aromatic nitrogens is 3. The smallest absolute Gasteiger partial charge is 0.296 e. The van der Waals surface area contributed by atoms with Crippen LogP contribution in [0.2, 0.25) is 5.02 Å². The van der Waals surface area contributed by atoms with Crippen LogP contribution in [0.1, 0.15) is 13.3 Å². The Morgan fingerprint density at radius 3 is 2.65 bits per heavy atom. The SMILES string of the molecule is CCCn1c(-c2cc(Br)ccc2Cl)nnc1S(=O)(=O)Cl. The van der Waals surface area contributed by atoms with Crippen LogP contribution in [0.25, 0.3) is 11.4 Å². The third kappa shape index (κ3) is 3.16. The van der Waals surface area contributed by atoms with Crippen molar-refractivity contribution in [2.75, 3.05) is 0 Å². The molecule has 2 aromatic rings. The Hall–Kier alpha value is -0.630. The topological polar surface area (TPSA) is 64.8 Å². The van der Waals surface area contributed by atoms with E-state index in [1.165, 1.54) is 4.57 Å². The van der Waals surface area contributed by atoms with Crippen LogP contribution >= 0.6 is 38.2 Å². The molecule has 0 aliphatic carbocycles. The summed E-state index contributed by atoms with van der Waals surface area (Å²) in [5.41, 5.74) is 0.591. The fourth-order valence-corrected chi connectivity index (χ4v) is 3.25. The molecule has 108 valence electrons. The van der Waals surface area contributed by atoms with E-state index in [2.05, 4.69) is 26.1 Å². The quantitative estimate of drug-likeness (QED) is 0.736. The lowest BCUT2D eigenvalue weighted by Crippen LogP contribution is -2.07. The summed E-state index contributed by atoms with van der Waals surface area (Å²) >= 11 is 9.49. The lowest BCUT2D eigenvalue weighted by Gasteiger charge is -2.09. The highest BCUT2D eigenvalue weighted by Gasteiger charge is 2.23. The molecule has 1 aromatic carbocycles. The van der Waals surface area contributed by atoms with Gasteiger partial charge in [-0.15, -0.1) is 10.2 Å². The van der Waals surface area contributed by atoms with E-state index in [0.29, 0.717) is 29.4 Å². The predicted molar refractivity (Wildman–Crippen MR) is 81.5 cm³/mol. The van der Waals surface area contributed by atoms with Gasteiger partial charge in [-0.05, 0) is 24.6 Å². The molecule has 0 radical (unpaired) electrons. The van der Waals surface area contributed by atoms with Gasteiger partial charge in [0.1, 0.15) is 0 Å². The minimum Gasteiger partial charge on any atom is -0.297 e. The molecule has 0 amide bonds. The highest BCUT2D eigenvalue weighted by molar-refractivity contribution is 9.10. The van der Waals surface area contributed by atoms with Gasteiger partial charge in [0.05, 0.1) is 5.02 Å². The van der Waals surface area contributed by atoms with Gasteiger partial charge in [0.25, 0.3) is 14.2 Å². The van der Waals surface area contributed by atoms with E-state index in [-0.39, 0.29) is 5.16 Å². The maximum absolute atomic E-state index is 11.5. The molecule has 5 nitrogen and oxygen atoms in total. The maximum Gasteiger partial charge on any atom is 0.296 e. The van der Waals surface area contributed by atoms with Gasteiger partial charge in [-0.2, -0.15) is 0 Å². The van der Waals surface area contributed by atoms with Gasteiger partial charge in [-0.1, -0.05) is 34.5 Å². The molecule has 9 heteroatoms. The molecule has 0 fully saturated rings. The highest BCUT2D eigenvalue weighted by atomic mass is 79.9. The van der Waals surface area contributed by atoms with Crippen LogP contribution in [-0.2, 0) is 15.6 Å². The highest BCUT2D eigenvalue weighted by Crippen LogP contribution is 2.31. The van der Waals surface area contributed by atoms with Crippen LogP contribution in [0.3, 0.4) is 0 Å². The number of halogens is 3. The van der Waals surface area contributed by atoms with E-state index in [0.717, 1.165) is 4.47 Å². The molecule has 0 saturated carbocycles. The average molecular weight is 399 g/mol. The van der Waals surface area contributed by atoms with Crippen molar-refractivity contribution in [3.8, 4) is 11.4 Å². The summed E-state index contributed by atoms with van der Waals surface area (Å²) in [5.74, 6) is 0.373. The normalized spacial score (nSPS) is 11.8. The zero-order valence-corrected chi connectivity index (χ0v) is 14.3. The first kappa shape index (κ1) is 15.8. The minimum atomic E-state index is -3.96. The lowest BCUT2D eigenvalue weighted by atomic mass is 10.2. The third-order valence-corrected chi connectivity index (χ3v) is 4.53. The van der Waals surface area contributed by atoms with Gasteiger partial charge < -0.3 is 0 Å². The van der Waals surface area contributed by atoms with E-state index >= 15 is 0 Å². The van der Waals surface area contributed by atoms with Gasteiger partial charge in [0, 0.05) is 27.3 Å². The molecule has 1 aromatic heterocycles. The number of hydrogen-bond donors (Lipinski definition) is 0. The summed E-state index contributed by atoms with van der Waals surface area (Å²) < 4.78 is 25.3. The minimum absolute atomic E-state index is 0.271. The third-order valence-electron chi connectivity index (χ3n) is 2.55. The van der Waals surface area contributed by atoms with E-state index in [1.54, 1.807) is 18.2 Å². The molecule has 0 spiro atoms. The van der Waals surface area contributed by atoms with Gasteiger partial charge in [0.2, 0.25) is 0 Å². The van der Waals surface area contributed by atoms with Crippen LogP contribution in [0, 0.1) is 0 Å². The van der Waals surface area contributed by atoms with Crippen molar-refractivity contribution in [3.05, 3.63) is 27.7 Å². The van der Waals surface area contributed by atoms with Crippen LogP contribution in [0.4, 0.5) is 0 Å². The second-order valence-corrected chi connectivity index (χ2v) is 7.80. The summed E-state index contributed by atoms with van der Waals surface area (Å²) in [4.78, 5) is 0. The van der Waals surface area contributed by atoms with Crippen LogP contribution in [0.15, 0.2) is 27.8 Å². The molecule has 0 aliphatic heterocycles. The second-order valence-electron chi connectivity index (χ2n) is 4.02. The maximum atomic E-state index is 11.5. The largest absolute Gasteiger partial charge is 0.297 e. The van der Waals surface area contributed by atoms with Crippen molar-refractivity contribution in [3.63, 3.8) is 0 Å². The molecule has 0 unspecified atom stereocenters. The van der Waals surface area contributed by atoms with Crippen LogP contribution in [-0.4, -0.2) is 23.2 Å². The molecule has 0 aliphatic rings. The Morgan fingerprint density at radius 2 is 2.05 bits per heavy atom. The zero-order chi connectivity index (χ0) is 14.9. The Bertz CT molecular complexity index is 746.